The Labute approximate surface area is 127 Å². The van der Waals surface area contributed by atoms with Crippen LogP contribution in [0.3, 0.4) is 0 Å². The van der Waals surface area contributed by atoms with Crippen molar-refractivity contribution in [1.29, 1.82) is 0 Å². The number of alkyl halides is 3. The molecule has 1 aromatic carbocycles. The summed E-state index contributed by atoms with van der Waals surface area (Å²) in [5, 5.41) is 5.86. The van der Waals surface area contributed by atoms with Gasteiger partial charge in [-0.15, -0.1) is 0 Å². The van der Waals surface area contributed by atoms with Crippen molar-refractivity contribution in [3.8, 4) is 0 Å². The van der Waals surface area contributed by atoms with Crippen LogP contribution < -0.4 is 10.6 Å². The molecule has 122 valence electrons. The lowest BCUT2D eigenvalue weighted by atomic mass is 9.98. The fourth-order valence-corrected chi connectivity index (χ4v) is 2.74. The average Bonchev–Trinajstić information content (AvgIpc) is 2.93. The molecule has 0 radical (unpaired) electrons. The van der Waals surface area contributed by atoms with Crippen molar-refractivity contribution in [1.82, 2.24) is 10.6 Å². The fraction of sp³-hybridized carbons (Fsp3) is 0.533. The van der Waals surface area contributed by atoms with E-state index in [9.17, 15) is 18.0 Å². The largest absolute Gasteiger partial charge is 0.417 e. The highest BCUT2D eigenvalue weighted by Crippen LogP contribution is 2.31. The Hall–Kier alpha value is -1.60. The Balaban J connectivity index is 2.10. The molecule has 1 saturated heterocycles. The molecule has 1 aromatic rings. The lowest BCUT2D eigenvalue weighted by Gasteiger charge is -2.29. The number of nitrogens with one attached hydrogen (secondary N) is 2. The van der Waals surface area contributed by atoms with E-state index in [1.54, 1.807) is 7.11 Å². The molecular weight excluding hydrogens is 297 g/mol. The predicted octanol–water partition coefficient (Wildman–Crippen LogP) is 2.20. The summed E-state index contributed by atoms with van der Waals surface area (Å²) in [7, 11) is 1.56. The highest BCUT2D eigenvalue weighted by atomic mass is 19.4. The Bertz CT molecular complexity index is 526. The van der Waals surface area contributed by atoms with Gasteiger partial charge in [-0.1, -0.05) is 12.1 Å². The Morgan fingerprint density at radius 1 is 1.41 bits per heavy atom. The van der Waals surface area contributed by atoms with Crippen LogP contribution in [-0.4, -0.2) is 38.3 Å². The molecule has 4 nitrogen and oxygen atoms in total. The first-order valence-corrected chi connectivity index (χ1v) is 7.06. The normalized spacial score (nSPS) is 21.8. The first-order chi connectivity index (χ1) is 10.4. The fourth-order valence-electron chi connectivity index (χ4n) is 2.74. The lowest BCUT2D eigenvalue weighted by Crippen LogP contribution is -2.53. The van der Waals surface area contributed by atoms with Crippen LogP contribution in [0, 0.1) is 0 Å². The van der Waals surface area contributed by atoms with Crippen molar-refractivity contribution < 1.29 is 22.7 Å². The number of amides is 1. The SMILES string of the molecule is COCC1(CNC(=O)c2ccccc2C(F)(F)F)CCCN1. The molecule has 2 N–H and O–H groups in total. The third kappa shape index (κ3) is 3.78. The van der Waals surface area contributed by atoms with Crippen LogP contribution in [0.1, 0.15) is 28.8 Å². The molecule has 1 unspecified atom stereocenters. The van der Waals surface area contributed by atoms with Gasteiger partial charge in [0.05, 0.1) is 23.3 Å². The number of rotatable bonds is 5. The Morgan fingerprint density at radius 3 is 2.73 bits per heavy atom. The summed E-state index contributed by atoms with van der Waals surface area (Å²) >= 11 is 0. The molecule has 0 aromatic heterocycles. The molecule has 2 rings (SSSR count). The van der Waals surface area contributed by atoms with E-state index in [0.717, 1.165) is 25.5 Å². The third-order valence-electron chi connectivity index (χ3n) is 3.82. The molecule has 7 heteroatoms. The number of hydrogen-bond acceptors (Lipinski definition) is 3. The van der Waals surface area contributed by atoms with Gasteiger partial charge in [0.1, 0.15) is 0 Å². The molecule has 1 heterocycles. The monoisotopic (exact) mass is 316 g/mol. The summed E-state index contributed by atoms with van der Waals surface area (Å²) < 4.78 is 44.0. The highest BCUT2D eigenvalue weighted by Gasteiger charge is 2.37. The van der Waals surface area contributed by atoms with Crippen LogP contribution in [0.25, 0.3) is 0 Å². The minimum Gasteiger partial charge on any atom is -0.383 e. The van der Waals surface area contributed by atoms with Gasteiger partial charge in [-0.05, 0) is 31.5 Å². The first-order valence-electron chi connectivity index (χ1n) is 7.06. The molecule has 0 bridgehead atoms. The van der Waals surface area contributed by atoms with Gasteiger partial charge < -0.3 is 15.4 Å². The molecule has 1 atom stereocenters. The predicted molar refractivity (Wildman–Crippen MR) is 75.6 cm³/mol. The number of benzene rings is 1. The molecule has 0 saturated carbocycles. The van der Waals surface area contributed by atoms with Gasteiger partial charge in [0.15, 0.2) is 0 Å². The summed E-state index contributed by atoms with van der Waals surface area (Å²) in [6.07, 6.45) is -2.80. The minimum absolute atomic E-state index is 0.228. The maximum Gasteiger partial charge on any atom is 0.417 e. The van der Waals surface area contributed by atoms with Gasteiger partial charge in [0, 0.05) is 13.7 Å². The number of hydrogen-bond donors (Lipinski definition) is 2. The van der Waals surface area contributed by atoms with Crippen LogP contribution >= 0.6 is 0 Å². The van der Waals surface area contributed by atoms with Crippen LogP contribution in [0.4, 0.5) is 13.2 Å². The van der Waals surface area contributed by atoms with Crippen molar-refractivity contribution in [2.24, 2.45) is 0 Å². The van der Waals surface area contributed by atoms with Crippen molar-refractivity contribution in [2.75, 3.05) is 26.8 Å². The number of halogens is 3. The molecule has 22 heavy (non-hydrogen) atoms. The van der Waals surface area contributed by atoms with Gasteiger partial charge in [-0.3, -0.25) is 4.79 Å². The van der Waals surface area contributed by atoms with Crippen molar-refractivity contribution in [3.63, 3.8) is 0 Å². The van der Waals surface area contributed by atoms with Crippen LogP contribution in [-0.2, 0) is 10.9 Å². The summed E-state index contributed by atoms with van der Waals surface area (Å²) in [4.78, 5) is 12.1. The minimum atomic E-state index is -4.55. The second-order valence-corrected chi connectivity index (χ2v) is 5.47. The molecule has 1 aliphatic rings. The van der Waals surface area contributed by atoms with E-state index in [1.807, 2.05) is 0 Å². The topological polar surface area (TPSA) is 50.4 Å². The van der Waals surface area contributed by atoms with E-state index in [4.69, 9.17) is 4.74 Å². The van der Waals surface area contributed by atoms with Gasteiger partial charge in [0.25, 0.3) is 5.91 Å². The van der Waals surface area contributed by atoms with E-state index >= 15 is 0 Å². The number of carbonyl (C=O) groups is 1. The summed E-state index contributed by atoms with van der Waals surface area (Å²) in [6, 6.07) is 4.78. The molecule has 1 amide bonds. The van der Waals surface area contributed by atoms with E-state index in [-0.39, 0.29) is 12.1 Å². The lowest BCUT2D eigenvalue weighted by molar-refractivity contribution is -0.137. The molecular formula is C15H19F3N2O2. The summed E-state index contributed by atoms with van der Waals surface area (Å²) in [6.45, 7) is 1.43. The number of methoxy groups -OCH3 is 1. The maximum absolute atomic E-state index is 12.9. The van der Waals surface area contributed by atoms with Crippen LogP contribution in [0.15, 0.2) is 24.3 Å². The van der Waals surface area contributed by atoms with Gasteiger partial charge in [0.2, 0.25) is 0 Å². The van der Waals surface area contributed by atoms with E-state index in [1.165, 1.54) is 18.2 Å². The highest BCUT2D eigenvalue weighted by molar-refractivity contribution is 5.95. The van der Waals surface area contributed by atoms with E-state index in [2.05, 4.69) is 10.6 Å². The molecule has 0 aliphatic carbocycles. The first kappa shape index (κ1) is 16.8. The molecule has 1 aliphatic heterocycles. The zero-order valence-electron chi connectivity index (χ0n) is 12.3. The average molecular weight is 316 g/mol. The Morgan fingerprint density at radius 2 is 2.14 bits per heavy atom. The van der Waals surface area contributed by atoms with Gasteiger partial charge in [-0.25, -0.2) is 0 Å². The van der Waals surface area contributed by atoms with Gasteiger partial charge >= 0.3 is 6.18 Å². The zero-order valence-corrected chi connectivity index (χ0v) is 12.3. The Kier molecular flexibility index (Phi) is 5.08. The summed E-state index contributed by atoms with van der Waals surface area (Å²) in [5.41, 5.74) is -1.69. The number of carbonyl (C=O) groups excluding carboxylic acids is 1. The van der Waals surface area contributed by atoms with Crippen LogP contribution in [0.2, 0.25) is 0 Å². The van der Waals surface area contributed by atoms with Crippen molar-refractivity contribution in [3.05, 3.63) is 35.4 Å². The van der Waals surface area contributed by atoms with Crippen molar-refractivity contribution in [2.45, 2.75) is 24.6 Å². The second-order valence-electron chi connectivity index (χ2n) is 5.47. The second kappa shape index (κ2) is 6.66. The van der Waals surface area contributed by atoms with Crippen molar-refractivity contribution >= 4 is 5.91 Å². The molecule has 0 spiro atoms. The smallest absolute Gasteiger partial charge is 0.383 e. The summed E-state index contributed by atoms with van der Waals surface area (Å²) in [5.74, 6) is -0.725. The molecule has 1 fully saturated rings. The quantitative estimate of drug-likeness (QED) is 0.876. The van der Waals surface area contributed by atoms with E-state index < -0.39 is 23.2 Å². The maximum atomic E-state index is 12.9. The zero-order chi connectivity index (χ0) is 16.2. The number of ether oxygens (including phenoxy) is 1. The van der Waals surface area contributed by atoms with Gasteiger partial charge in [-0.2, -0.15) is 13.2 Å². The third-order valence-corrected chi connectivity index (χ3v) is 3.82. The standard InChI is InChI=1S/C15H19F3N2O2/c1-22-10-14(7-4-8-20-14)9-19-13(21)11-5-2-3-6-12(11)15(16,17)18/h2-3,5-6,20H,4,7-10H2,1H3,(H,19,21). The van der Waals surface area contributed by atoms with E-state index in [0.29, 0.717) is 6.61 Å². The van der Waals surface area contributed by atoms with Crippen LogP contribution in [0.5, 0.6) is 0 Å².